The van der Waals surface area contributed by atoms with Crippen LogP contribution in [-0.4, -0.2) is 17.1 Å². The molecule has 3 rings (SSSR count). The summed E-state index contributed by atoms with van der Waals surface area (Å²) in [4.78, 5) is 12.2. The number of amides is 1. The Hall–Kier alpha value is -2.36. The molecule has 0 spiro atoms. The molecule has 0 fully saturated rings. The summed E-state index contributed by atoms with van der Waals surface area (Å²) < 4.78 is 12.9. The first-order valence-electron chi connectivity index (χ1n) is 6.99. The summed E-state index contributed by atoms with van der Waals surface area (Å²) in [7, 11) is 0. The van der Waals surface area contributed by atoms with E-state index in [0.717, 1.165) is 25.3 Å². The molecule has 0 bridgehead atoms. The Balaban J connectivity index is 1.71. The van der Waals surface area contributed by atoms with Crippen molar-refractivity contribution < 1.29 is 14.3 Å². The molecule has 3 nitrogen and oxygen atoms in total. The Morgan fingerprint density at radius 3 is 2.71 bits per heavy atom. The molecular formula is C17H16FNO2. The van der Waals surface area contributed by atoms with E-state index in [-0.39, 0.29) is 23.3 Å². The number of carbonyl (C=O) groups is 1. The maximum Gasteiger partial charge on any atom is 0.255 e. The van der Waals surface area contributed by atoms with Crippen LogP contribution < -0.4 is 5.32 Å². The van der Waals surface area contributed by atoms with Gasteiger partial charge in [0.15, 0.2) is 0 Å². The van der Waals surface area contributed by atoms with Crippen molar-refractivity contribution in [3.63, 3.8) is 0 Å². The number of fused-ring (bicyclic) bond motifs is 1. The molecule has 108 valence electrons. The summed E-state index contributed by atoms with van der Waals surface area (Å²) in [6, 6.07) is 11.7. The molecule has 2 aromatic carbocycles. The number of rotatable bonds is 2. The summed E-state index contributed by atoms with van der Waals surface area (Å²) in [5.74, 6) is -1.25. The van der Waals surface area contributed by atoms with Crippen molar-refractivity contribution in [1.29, 1.82) is 0 Å². The zero-order chi connectivity index (χ0) is 14.8. The smallest absolute Gasteiger partial charge is 0.255 e. The van der Waals surface area contributed by atoms with Crippen LogP contribution in [0.4, 0.5) is 4.39 Å². The lowest BCUT2D eigenvalue weighted by atomic mass is 9.88. The highest BCUT2D eigenvalue weighted by atomic mass is 19.1. The number of hydrogen-bond donors (Lipinski definition) is 2. The van der Waals surface area contributed by atoms with Gasteiger partial charge in [-0.15, -0.1) is 0 Å². The fourth-order valence-corrected chi connectivity index (χ4v) is 2.78. The Morgan fingerprint density at radius 2 is 1.95 bits per heavy atom. The molecule has 1 aliphatic carbocycles. The van der Waals surface area contributed by atoms with Gasteiger partial charge in [-0.05, 0) is 42.5 Å². The lowest BCUT2D eigenvalue weighted by molar-refractivity contribution is 0.0931. The molecule has 1 amide bonds. The third kappa shape index (κ3) is 2.89. The number of hydrogen-bond acceptors (Lipinski definition) is 2. The standard InChI is InChI=1S/C17H16FNO2/c18-13-6-8-15(16(20)10-13)17(21)19-14-7-5-11-3-1-2-4-12(11)9-14/h1-4,6,8,10,14,20H,5,7,9H2,(H,19,21). The van der Waals surface area contributed by atoms with E-state index >= 15 is 0 Å². The van der Waals surface area contributed by atoms with Crippen LogP contribution in [0, 0.1) is 5.82 Å². The topological polar surface area (TPSA) is 49.3 Å². The first-order chi connectivity index (χ1) is 10.1. The maximum absolute atomic E-state index is 12.9. The minimum absolute atomic E-state index is 0.0388. The fraction of sp³-hybridized carbons (Fsp3) is 0.235. The van der Waals surface area contributed by atoms with E-state index in [9.17, 15) is 14.3 Å². The number of phenolic OH excluding ortho intramolecular Hbond substituents is 1. The highest BCUT2D eigenvalue weighted by Gasteiger charge is 2.21. The van der Waals surface area contributed by atoms with Gasteiger partial charge < -0.3 is 10.4 Å². The lowest BCUT2D eigenvalue weighted by Crippen LogP contribution is -2.38. The molecule has 1 unspecified atom stereocenters. The minimum atomic E-state index is -0.560. The van der Waals surface area contributed by atoms with Gasteiger partial charge in [-0.2, -0.15) is 0 Å². The molecule has 0 saturated heterocycles. The predicted octanol–water partition coefficient (Wildman–Crippen LogP) is 2.82. The third-order valence-electron chi connectivity index (χ3n) is 3.89. The molecule has 1 atom stereocenters. The van der Waals surface area contributed by atoms with E-state index in [1.807, 2.05) is 12.1 Å². The van der Waals surface area contributed by atoms with Crippen molar-refractivity contribution >= 4 is 5.91 Å². The minimum Gasteiger partial charge on any atom is -0.507 e. The summed E-state index contributed by atoms with van der Waals surface area (Å²) in [5, 5.41) is 12.6. The van der Waals surface area contributed by atoms with Crippen molar-refractivity contribution in [2.75, 3.05) is 0 Å². The van der Waals surface area contributed by atoms with Crippen molar-refractivity contribution in [3.05, 3.63) is 65.0 Å². The van der Waals surface area contributed by atoms with Gasteiger partial charge in [0.2, 0.25) is 0 Å². The maximum atomic E-state index is 12.9. The average molecular weight is 285 g/mol. The molecule has 0 radical (unpaired) electrons. The van der Waals surface area contributed by atoms with Gasteiger partial charge in [0.25, 0.3) is 5.91 Å². The first-order valence-corrected chi connectivity index (χ1v) is 6.99. The van der Waals surface area contributed by atoms with Crippen LogP contribution in [0.5, 0.6) is 5.75 Å². The van der Waals surface area contributed by atoms with E-state index in [1.54, 1.807) is 0 Å². The van der Waals surface area contributed by atoms with Crippen LogP contribution in [0.2, 0.25) is 0 Å². The quantitative estimate of drug-likeness (QED) is 0.891. The molecule has 0 aromatic heterocycles. The van der Waals surface area contributed by atoms with E-state index in [2.05, 4.69) is 17.4 Å². The Kier molecular flexibility index (Phi) is 3.60. The van der Waals surface area contributed by atoms with Gasteiger partial charge in [0, 0.05) is 12.1 Å². The normalized spacial score (nSPS) is 17.1. The second-order valence-electron chi connectivity index (χ2n) is 5.34. The number of benzene rings is 2. The number of halogens is 1. The molecule has 1 aliphatic rings. The van der Waals surface area contributed by atoms with Gasteiger partial charge >= 0.3 is 0 Å². The summed E-state index contributed by atoms with van der Waals surface area (Å²) in [6.45, 7) is 0. The van der Waals surface area contributed by atoms with Crippen LogP contribution in [0.1, 0.15) is 27.9 Å². The van der Waals surface area contributed by atoms with E-state index in [4.69, 9.17) is 0 Å². The van der Waals surface area contributed by atoms with Crippen molar-refractivity contribution in [3.8, 4) is 5.75 Å². The Morgan fingerprint density at radius 1 is 1.19 bits per heavy atom. The average Bonchev–Trinajstić information content (AvgIpc) is 2.47. The van der Waals surface area contributed by atoms with Crippen LogP contribution in [-0.2, 0) is 12.8 Å². The first kappa shape index (κ1) is 13.6. The van der Waals surface area contributed by atoms with Crippen molar-refractivity contribution in [1.82, 2.24) is 5.32 Å². The SMILES string of the molecule is O=C(NC1CCc2ccccc2C1)c1ccc(F)cc1O. The van der Waals surface area contributed by atoms with Gasteiger partial charge in [-0.25, -0.2) is 4.39 Å². The summed E-state index contributed by atoms with van der Waals surface area (Å²) >= 11 is 0. The highest BCUT2D eigenvalue weighted by Crippen LogP contribution is 2.22. The third-order valence-corrected chi connectivity index (χ3v) is 3.89. The molecule has 0 saturated carbocycles. The predicted molar refractivity (Wildman–Crippen MR) is 77.8 cm³/mol. The molecule has 0 heterocycles. The lowest BCUT2D eigenvalue weighted by Gasteiger charge is -2.25. The molecule has 0 aliphatic heterocycles. The summed E-state index contributed by atoms with van der Waals surface area (Å²) in [6.07, 6.45) is 2.57. The highest BCUT2D eigenvalue weighted by molar-refractivity contribution is 5.97. The van der Waals surface area contributed by atoms with Gasteiger partial charge in [-0.3, -0.25) is 4.79 Å². The second kappa shape index (κ2) is 5.56. The van der Waals surface area contributed by atoms with Gasteiger partial charge in [0.05, 0.1) is 5.56 Å². The molecule has 2 aromatic rings. The molecule has 2 N–H and O–H groups in total. The molecule has 21 heavy (non-hydrogen) atoms. The zero-order valence-electron chi connectivity index (χ0n) is 11.5. The number of carbonyl (C=O) groups excluding carboxylic acids is 1. The van der Waals surface area contributed by atoms with E-state index in [1.165, 1.54) is 23.3 Å². The van der Waals surface area contributed by atoms with Crippen molar-refractivity contribution in [2.24, 2.45) is 0 Å². The monoisotopic (exact) mass is 285 g/mol. The number of aryl methyl sites for hydroxylation is 1. The van der Waals surface area contributed by atoms with Gasteiger partial charge in [-0.1, -0.05) is 24.3 Å². The number of nitrogens with one attached hydrogen (secondary N) is 1. The van der Waals surface area contributed by atoms with E-state index < -0.39 is 5.82 Å². The van der Waals surface area contributed by atoms with E-state index in [0.29, 0.717) is 0 Å². The van der Waals surface area contributed by atoms with Crippen LogP contribution in [0.3, 0.4) is 0 Å². The molecular weight excluding hydrogens is 269 g/mol. The van der Waals surface area contributed by atoms with Crippen LogP contribution in [0.25, 0.3) is 0 Å². The summed E-state index contributed by atoms with van der Waals surface area (Å²) in [5.41, 5.74) is 2.68. The van der Waals surface area contributed by atoms with Gasteiger partial charge in [0.1, 0.15) is 11.6 Å². The van der Waals surface area contributed by atoms with Crippen molar-refractivity contribution in [2.45, 2.75) is 25.3 Å². The zero-order valence-corrected chi connectivity index (χ0v) is 11.5. The van der Waals surface area contributed by atoms with Crippen LogP contribution >= 0.6 is 0 Å². The Labute approximate surface area is 122 Å². The number of aromatic hydroxyl groups is 1. The fourth-order valence-electron chi connectivity index (χ4n) is 2.78. The molecule has 4 heteroatoms. The Bertz CT molecular complexity index is 684. The van der Waals surface area contributed by atoms with Crippen LogP contribution in [0.15, 0.2) is 42.5 Å². The number of phenols is 1. The second-order valence-corrected chi connectivity index (χ2v) is 5.34. The largest absolute Gasteiger partial charge is 0.507 e.